The summed E-state index contributed by atoms with van der Waals surface area (Å²) in [6.07, 6.45) is 2.53. The second kappa shape index (κ2) is 6.34. The first-order chi connectivity index (χ1) is 8.67. The van der Waals surface area contributed by atoms with Gasteiger partial charge in [0.25, 0.3) is 0 Å². The van der Waals surface area contributed by atoms with Crippen LogP contribution in [0.2, 0.25) is 5.28 Å². The van der Waals surface area contributed by atoms with E-state index in [1.165, 1.54) is 32.5 Å². The lowest BCUT2D eigenvalue weighted by molar-refractivity contribution is 0.198. The highest BCUT2D eigenvalue weighted by Crippen LogP contribution is 2.18. The second-order valence-electron chi connectivity index (χ2n) is 4.92. The second-order valence-corrected chi connectivity index (χ2v) is 5.26. The van der Waals surface area contributed by atoms with Crippen LogP contribution in [0.1, 0.15) is 25.5 Å². The quantitative estimate of drug-likeness (QED) is 0.853. The Bertz CT molecular complexity index is 368. The third-order valence-corrected chi connectivity index (χ3v) is 3.72. The number of likely N-dealkylation sites (tertiary alicyclic amines) is 1. The summed E-state index contributed by atoms with van der Waals surface area (Å²) in [6.45, 7) is 8.73. The van der Waals surface area contributed by atoms with Gasteiger partial charge in [0.05, 0.1) is 0 Å². The zero-order valence-corrected chi connectivity index (χ0v) is 11.9. The minimum absolute atomic E-state index is 0.318. The van der Waals surface area contributed by atoms with Crippen LogP contribution in [0.25, 0.3) is 0 Å². The van der Waals surface area contributed by atoms with Gasteiger partial charge in [-0.2, -0.15) is 0 Å². The van der Waals surface area contributed by atoms with Gasteiger partial charge in [0.15, 0.2) is 0 Å². The molecule has 18 heavy (non-hydrogen) atoms. The SMILES string of the molecule is CCN1CCC(CNc2cc(C)nc(Cl)n2)CC1. The molecule has 0 bridgehead atoms. The maximum Gasteiger partial charge on any atom is 0.224 e. The molecular formula is C13H21ClN4. The molecule has 100 valence electrons. The van der Waals surface area contributed by atoms with E-state index < -0.39 is 0 Å². The molecular weight excluding hydrogens is 248 g/mol. The number of nitrogens with one attached hydrogen (secondary N) is 1. The Morgan fingerprint density at radius 1 is 1.39 bits per heavy atom. The third-order valence-electron chi connectivity index (χ3n) is 3.55. The zero-order valence-electron chi connectivity index (χ0n) is 11.1. The van der Waals surface area contributed by atoms with Crippen LogP contribution >= 0.6 is 11.6 Å². The molecule has 4 nitrogen and oxygen atoms in total. The number of rotatable bonds is 4. The first-order valence-corrected chi connectivity index (χ1v) is 7.02. The molecule has 0 saturated carbocycles. The Morgan fingerprint density at radius 3 is 2.72 bits per heavy atom. The molecule has 2 heterocycles. The first-order valence-electron chi connectivity index (χ1n) is 6.64. The fourth-order valence-electron chi connectivity index (χ4n) is 2.38. The highest BCUT2D eigenvalue weighted by atomic mass is 35.5. The summed E-state index contributed by atoms with van der Waals surface area (Å²) in [6, 6.07) is 1.94. The summed E-state index contributed by atoms with van der Waals surface area (Å²) < 4.78 is 0. The van der Waals surface area contributed by atoms with E-state index in [9.17, 15) is 0 Å². The van der Waals surface area contributed by atoms with Crippen molar-refractivity contribution in [3.8, 4) is 0 Å². The minimum atomic E-state index is 0.318. The Hall–Kier alpha value is -0.870. The highest BCUT2D eigenvalue weighted by molar-refractivity contribution is 6.28. The molecule has 2 rings (SSSR count). The standard InChI is InChI=1S/C13H21ClN4/c1-3-18-6-4-11(5-7-18)9-15-12-8-10(2)16-13(14)17-12/h8,11H,3-7,9H2,1-2H3,(H,15,16,17). The average molecular weight is 269 g/mol. The van der Waals surface area contributed by atoms with Crippen molar-refractivity contribution in [1.82, 2.24) is 14.9 Å². The number of anilines is 1. The molecule has 1 aliphatic heterocycles. The average Bonchev–Trinajstić information content (AvgIpc) is 2.36. The molecule has 1 aromatic heterocycles. The Morgan fingerprint density at radius 2 is 2.11 bits per heavy atom. The number of aryl methyl sites for hydroxylation is 1. The predicted octanol–water partition coefficient (Wildman–Crippen LogP) is 2.58. The van der Waals surface area contributed by atoms with Crippen LogP contribution in [-0.4, -0.2) is 41.0 Å². The smallest absolute Gasteiger partial charge is 0.224 e. The van der Waals surface area contributed by atoms with Gasteiger partial charge in [-0.15, -0.1) is 0 Å². The lowest BCUT2D eigenvalue weighted by Gasteiger charge is -2.31. The zero-order chi connectivity index (χ0) is 13.0. The minimum Gasteiger partial charge on any atom is -0.370 e. The Labute approximate surface area is 114 Å². The fourth-order valence-corrected chi connectivity index (χ4v) is 2.60. The van der Waals surface area contributed by atoms with E-state index in [-0.39, 0.29) is 0 Å². The summed E-state index contributed by atoms with van der Waals surface area (Å²) in [4.78, 5) is 10.7. The van der Waals surface area contributed by atoms with E-state index in [1.54, 1.807) is 0 Å². The van der Waals surface area contributed by atoms with Crippen molar-refractivity contribution in [2.75, 3.05) is 31.5 Å². The molecule has 0 aromatic carbocycles. The van der Waals surface area contributed by atoms with E-state index in [4.69, 9.17) is 11.6 Å². The van der Waals surface area contributed by atoms with Gasteiger partial charge >= 0.3 is 0 Å². The molecule has 1 fully saturated rings. The van der Waals surface area contributed by atoms with Crippen LogP contribution in [0, 0.1) is 12.8 Å². The van der Waals surface area contributed by atoms with Gasteiger partial charge in [-0.05, 0) is 56.9 Å². The molecule has 1 aliphatic rings. The van der Waals surface area contributed by atoms with Gasteiger partial charge in [0.2, 0.25) is 5.28 Å². The summed E-state index contributed by atoms with van der Waals surface area (Å²) in [5, 5.41) is 3.69. The highest BCUT2D eigenvalue weighted by Gasteiger charge is 2.17. The van der Waals surface area contributed by atoms with Crippen molar-refractivity contribution < 1.29 is 0 Å². The van der Waals surface area contributed by atoms with Crippen molar-refractivity contribution in [3.63, 3.8) is 0 Å². The molecule has 5 heteroatoms. The maximum absolute atomic E-state index is 5.84. The molecule has 0 aliphatic carbocycles. The summed E-state index contributed by atoms with van der Waals surface area (Å²) in [5.41, 5.74) is 0.901. The normalized spacial score (nSPS) is 17.9. The van der Waals surface area contributed by atoms with Gasteiger partial charge < -0.3 is 10.2 Å². The molecule has 0 atom stereocenters. The Kier molecular flexibility index (Phi) is 4.78. The van der Waals surface area contributed by atoms with E-state index in [0.29, 0.717) is 5.28 Å². The van der Waals surface area contributed by atoms with Gasteiger partial charge in [-0.1, -0.05) is 6.92 Å². The lowest BCUT2D eigenvalue weighted by Crippen LogP contribution is -2.35. The molecule has 0 amide bonds. The van der Waals surface area contributed by atoms with Crippen LogP contribution in [0.3, 0.4) is 0 Å². The summed E-state index contributed by atoms with van der Waals surface area (Å²) >= 11 is 5.84. The molecule has 1 N–H and O–H groups in total. The van der Waals surface area contributed by atoms with Gasteiger partial charge in [-0.3, -0.25) is 0 Å². The van der Waals surface area contributed by atoms with E-state index >= 15 is 0 Å². The van der Waals surface area contributed by atoms with Crippen LogP contribution < -0.4 is 5.32 Å². The predicted molar refractivity (Wildman–Crippen MR) is 75.1 cm³/mol. The van der Waals surface area contributed by atoms with Gasteiger partial charge in [-0.25, -0.2) is 9.97 Å². The molecule has 1 aromatic rings. The number of halogens is 1. The van der Waals surface area contributed by atoms with E-state index in [0.717, 1.165) is 24.0 Å². The molecule has 0 spiro atoms. The van der Waals surface area contributed by atoms with Crippen LogP contribution in [0.15, 0.2) is 6.07 Å². The van der Waals surface area contributed by atoms with Crippen molar-refractivity contribution >= 4 is 17.4 Å². The maximum atomic E-state index is 5.84. The van der Waals surface area contributed by atoms with Crippen LogP contribution in [-0.2, 0) is 0 Å². The van der Waals surface area contributed by atoms with Crippen molar-refractivity contribution in [1.29, 1.82) is 0 Å². The van der Waals surface area contributed by atoms with E-state index in [2.05, 4.69) is 27.1 Å². The molecule has 0 unspecified atom stereocenters. The van der Waals surface area contributed by atoms with Crippen molar-refractivity contribution in [2.45, 2.75) is 26.7 Å². The van der Waals surface area contributed by atoms with Gasteiger partial charge in [0.1, 0.15) is 5.82 Å². The topological polar surface area (TPSA) is 41.0 Å². The number of piperidine rings is 1. The first kappa shape index (κ1) is 13.6. The number of aromatic nitrogens is 2. The lowest BCUT2D eigenvalue weighted by atomic mass is 9.97. The largest absolute Gasteiger partial charge is 0.370 e. The Balaban J connectivity index is 1.81. The fraction of sp³-hybridized carbons (Fsp3) is 0.692. The number of hydrogen-bond acceptors (Lipinski definition) is 4. The van der Waals surface area contributed by atoms with Crippen LogP contribution in [0.4, 0.5) is 5.82 Å². The van der Waals surface area contributed by atoms with Crippen molar-refractivity contribution in [3.05, 3.63) is 17.0 Å². The number of hydrogen-bond donors (Lipinski definition) is 1. The molecule has 1 saturated heterocycles. The summed E-state index contributed by atoms with van der Waals surface area (Å²) in [5.74, 6) is 1.58. The summed E-state index contributed by atoms with van der Waals surface area (Å²) in [7, 11) is 0. The van der Waals surface area contributed by atoms with Gasteiger partial charge in [0, 0.05) is 18.3 Å². The molecule has 0 radical (unpaired) electrons. The monoisotopic (exact) mass is 268 g/mol. The van der Waals surface area contributed by atoms with Crippen LogP contribution in [0.5, 0.6) is 0 Å². The van der Waals surface area contributed by atoms with E-state index in [1.807, 2.05) is 13.0 Å². The number of nitrogens with zero attached hydrogens (tertiary/aromatic N) is 3. The van der Waals surface area contributed by atoms with Crippen molar-refractivity contribution in [2.24, 2.45) is 5.92 Å². The third kappa shape index (κ3) is 3.82.